The number of nitrogens with zero attached hydrogens (tertiary/aromatic N) is 3. The van der Waals surface area contributed by atoms with E-state index in [1.807, 2.05) is 19.2 Å². The van der Waals surface area contributed by atoms with Gasteiger partial charge < -0.3 is 15.5 Å². The van der Waals surface area contributed by atoms with Crippen LogP contribution >= 0.6 is 0 Å². The van der Waals surface area contributed by atoms with Crippen molar-refractivity contribution in [1.29, 1.82) is 0 Å². The lowest BCUT2D eigenvalue weighted by Crippen LogP contribution is -2.40. The molecule has 1 heterocycles. The molecular weight excluding hydrogens is 212 g/mol. The zero-order chi connectivity index (χ0) is 13.0. The Labute approximate surface area is 104 Å². The largest absolute Gasteiger partial charge is 0.396 e. The van der Waals surface area contributed by atoms with Gasteiger partial charge in [0.05, 0.1) is 5.69 Å². The van der Waals surface area contributed by atoms with Crippen LogP contribution in [-0.4, -0.2) is 43.1 Å². The molecule has 0 aromatic carbocycles. The van der Waals surface area contributed by atoms with E-state index in [1.54, 1.807) is 0 Å². The maximum atomic E-state index is 6.05. The first-order chi connectivity index (χ1) is 7.95. The summed E-state index contributed by atoms with van der Waals surface area (Å²) in [6, 6.07) is 2.38. The summed E-state index contributed by atoms with van der Waals surface area (Å²) in [4.78, 5) is 8.88. The number of nitrogen functional groups attached to an aromatic ring is 1. The normalized spacial score (nSPS) is 12.8. The summed E-state index contributed by atoms with van der Waals surface area (Å²) in [7, 11) is 4.16. The maximum Gasteiger partial charge on any atom is 0.152 e. The molecule has 96 valence electrons. The molecule has 0 bridgehead atoms. The van der Waals surface area contributed by atoms with E-state index in [0.29, 0.717) is 6.04 Å². The van der Waals surface area contributed by atoms with Crippen LogP contribution in [-0.2, 0) is 0 Å². The van der Waals surface area contributed by atoms with Crippen molar-refractivity contribution in [2.24, 2.45) is 0 Å². The van der Waals surface area contributed by atoms with Crippen LogP contribution in [0.4, 0.5) is 11.5 Å². The molecule has 0 aliphatic heterocycles. The highest BCUT2D eigenvalue weighted by Gasteiger charge is 2.16. The molecule has 4 nitrogen and oxygen atoms in total. The molecule has 0 amide bonds. The molecule has 0 aliphatic rings. The van der Waals surface area contributed by atoms with Crippen LogP contribution in [0.25, 0.3) is 0 Å². The van der Waals surface area contributed by atoms with Crippen LogP contribution in [0.1, 0.15) is 19.4 Å². The molecule has 4 heteroatoms. The predicted molar refractivity (Wildman–Crippen MR) is 74.4 cm³/mol. The fraction of sp³-hybridized carbons (Fsp3) is 0.615. The molecule has 0 aliphatic carbocycles. The Kier molecular flexibility index (Phi) is 4.75. The first-order valence-corrected chi connectivity index (χ1v) is 6.09. The van der Waals surface area contributed by atoms with Gasteiger partial charge in [-0.3, -0.25) is 0 Å². The van der Waals surface area contributed by atoms with Crippen molar-refractivity contribution in [3.8, 4) is 0 Å². The third-order valence-corrected chi connectivity index (χ3v) is 2.81. The van der Waals surface area contributed by atoms with Crippen molar-refractivity contribution in [1.82, 2.24) is 9.88 Å². The van der Waals surface area contributed by atoms with E-state index in [9.17, 15) is 0 Å². The van der Waals surface area contributed by atoms with Gasteiger partial charge in [0.2, 0.25) is 0 Å². The van der Waals surface area contributed by atoms with Gasteiger partial charge in [-0.1, -0.05) is 0 Å². The van der Waals surface area contributed by atoms with Crippen LogP contribution in [0.2, 0.25) is 0 Å². The zero-order valence-corrected chi connectivity index (χ0v) is 11.6. The van der Waals surface area contributed by atoms with Crippen molar-refractivity contribution in [3.05, 3.63) is 17.8 Å². The highest BCUT2D eigenvalue weighted by atomic mass is 15.2. The van der Waals surface area contributed by atoms with E-state index in [-0.39, 0.29) is 0 Å². The summed E-state index contributed by atoms with van der Waals surface area (Å²) in [5.41, 5.74) is 7.91. The van der Waals surface area contributed by atoms with Gasteiger partial charge in [0.1, 0.15) is 0 Å². The molecule has 0 saturated carbocycles. The lowest BCUT2D eigenvalue weighted by Gasteiger charge is -2.31. The molecule has 0 spiro atoms. The summed E-state index contributed by atoms with van der Waals surface area (Å²) in [5, 5.41) is 0. The van der Waals surface area contributed by atoms with E-state index in [4.69, 9.17) is 5.73 Å². The molecule has 1 unspecified atom stereocenters. The minimum Gasteiger partial charge on any atom is -0.396 e. The Morgan fingerprint density at radius 1 is 1.41 bits per heavy atom. The number of pyridine rings is 1. The van der Waals surface area contributed by atoms with Gasteiger partial charge in [-0.2, -0.15) is 0 Å². The monoisotopic (exact) mass is 236 g/mol. The molecule has 1 rings (SSSR count). The second-order valence-electron chi connectivity index (χ2n) is 4.82. The number of hydrogen-bond donors (Lipinski definition) is 1. The average molecular weight is 236 g/mol. The topological polar surface area (TPSA) is 45.4 Å². The summed E-state index contributed by atoms with van der Waals surface area (Å²) in [6.07, 6.45) is 1.87. The van der Waals surface area contributed by atoms with Crippen molar-refractivity contribution in [3.63, 3.8) is 0 Å². The summed E-state index contributed by atoms with van der Waals surface area (Å²) in [5.74, 6) is 0.896. The van der Waals surface area contributed by atoms with Crippen LogP contribution in [0.5, 0.6) is 0 Å². The molecular formula is C13H24N4. The molecule has 1 aromatic heterocycles. The number of likely N-dealkylation sites (N-methyl/N-ethyl adjacent to an activating group) is 2. The third-order valence-electron chi connectivity index (χ3n) is 2.81. The van der Waals surface area contributed by atoms with E-state index in [0.717, 1.165) is 30.2 Å². The van der Waals surface area contributed by atoms with Gasteiger partial charge in [-0.15, -0.1) is 0 Å². The van der Waals surface area contributed by atoms with Gasteiger partial charge in [0.15, 0.2) is 5.82 Å². The molecule has 0 radical (unpaired) electrons. The van der Waals surface area contributed by atoms with Gasteiger partial charge in [0, 0.05) is 25.3 Å². The molecule has 17 heavy (non-hydrogen) atoms. The fourth-order valence-electron chi connectivity index (χ4n) is 2.12. The first-order valence-electron chi connectivity index (χ1n) is 6.09. The predicted octanol–water partition coefficient (Wildman–Crippen LogP) is 1.75. The van der Waals surface area contributed by atoms with E-state index >= 15 is 0 Å². The van der Waals surface area contributed by atoms with E-state index < -0.39 is 0 Å². The second kappa shape index (κ2) is 5.87. The minimum atomic E-state index is 0.396. The molecule has 1 aromatic rings. The molecule has 2 N–H and O–H groups in total. The molecule has 0 saturated heterocycles. The lowest BCUT2D eigenvalue weighted by molar-refractivity contribution is 0.372. The van der Waals surface area contributed by atoms with Crippen molar-refractivity contribution in [2.75, 3.05) is 37.8 Å². The highest BCUT2D eigenvalue weighted by Crippen LogP contribution is 2.22. The maximum absolute atomic E-state index is 6.05. The Bertz CT molecular complexity index is 362. The Morgan fingerprint density at radius 2 is 2.06 bits per heavy atom. The van der Waals surface area contributed by atoms with Crippen molar-refractivity contribution >= 4 is 11.5 Å². The van der Waals surface area contributed by atoms with Crippen LogP contribution < -0.4 is 10.6 Å². The van der Waals surface area contributed by atoms with Gasteiger partial charge >= 0.3 is 0 Å². The summed E-state index contributed by atoms with van der Waals surface area (Å²) < 4.78 is 0. The van der Waals surface area contributed by atoms with Gasteiger partial charge in [0.25, 0.3) is 0 Å². The minimum absolute atomic E-state index is 0.396. The number of rotatable bonds is 5. The van der Waals surface area contributed by atoms with E-state index in [2.05, 4.69) is 42.7 Å². The highest BCUT2D eigenvalue weighted by molar-refractivity contribution is 5.63. The quantitative estimate of drug-likeness (QED) is 0.846. The van der Waals surface area contributed by atoms with E-state index in [1.165, 1.54) is 0 Å². The number of hydrogen-bond acceptors (Lipinski definition) is 4. The van der Waals surface area contributed by atoms with Crippen molar-refractivity contribution < 1.29 is 0 Å². The Hall–Kier alpha value is -1.29. The number of anilines is 2. The fourth-order valence-corrected chi connectivity index (χ4v) is 2.12. The van der Waals surface area contributed by atoms with Crippen LogP contribution in [0.3, 0.4) is 0 Å². The summed E-state index contributed by atoms with van der Waals surface area (Å²) >= 11 is 0. The second-order valence-corrected chi connectivity index (χ2v) is 4.82. The van der Waals surface area contributed by atoms with Crippen LogP contribution in [0.15, 0.2) is 12.3 Å². The molecule has 0 fully saturated rings. The van der Waals surface area contributed by atoms with Gasteiger partial charge in [-0.25, -0.2) is 4.98 Å². The lowest BCUT2D eigenvalue weighted by atomic mass is 10.2. The summed E-state index contributed by atoms with van der Waals surface area (Å²) in [6.45, 7) is 8.24. The van der Waals surface area contributed by atoms with Gasteiger partial charge in [-0.05, 0) is 46.5 Å². The number of nitrogens with two attached hydrogens (primary N) is 1. The SMILES string of the molecule is CCN(c1ncc(C)cc1N)C(C)CN(C)C. The average Bonchev–Trinajstić information content (AvgIpc) is 2.21. The number of aromatic nitrogens is 1. The zero-order valence-electron chi connectivity index (χ0n) is 11.6. The Morgan fingerprint density at radius 3 is 2.53 bits per heavy atom. The van der Waals surface area contributed by atoms with Crippen LogP contribution in [0, 0.1) is 6.92 Å². The standard InChI is InChI=1S/C13H24N4/c1-6-17(11(3)9-16(4)5)13-12(14)7-10(2)8-15-13/h7-8,11H,6,9,14H2,1-5H3. The first kappa shape index (κ1) is 13.8. The smallest absolute Gasteiger partial charge is 0.152 e. The number of aryl methyl sites for hydroxylation is 1. The Balaban J connectivity index is 2.93. The third kappa shape index (κ3) is 3.60. The van der Waals surface area contributed by atoms with Crippen molar-refractivity contribution in [2.45, 2.75) is 26.8 Å². The molecule has 1 atom stereocenters.